The third-order valence-electron chi connectivity index (χ3n) is 4.44. The van der Waals surface area contributed by atoms with Gasteiger partial charge in [0.2, 0.25) is 0 Å². The molecule has 1 saturated heterocycles. The Kier molecular flexibility index (Phi) is 4.22. The summed E-state index contributed by atoms with van der Waals surface area (Å²) in [4.78, 5) is 4.56. The van der Waals surface area contributed by atoms with Crippen LogP contribution in [0.2, 0.25) is 0 Å². The van der Waals surface area contributed by atoms with Crippen LogP contribution in [0.25, 0.3) is 10.9 Å². The second-order valence-electron chi connectivity index (χ2n) is 6.32. The molecule has 3 nitrogen and oxygen atoms in total. The lowest BCUT2D eigenvalue weighted by Gasteiger charge is -2.25. The van der Waals surface area contributed by atoms with Crippen LogP contribution in [0, 0.1) is 13.8 Å². The van der Waals surface area contributed by atoms with Crippen LogP contribution in [0.4, 0.5) is 0 Å². The van der Waals surface area contributed by atoms with Crippen molar-refractivity contribution in [3.63, 3.8) is 0 Å². The first kappa shape index (κ1) is 14.5. The quantitative estimate of drug-likeness (QED) is 0.908. The molecule has 2 aromatic rings. The van der Waals surface area contributed by atoms with E-state index in [2.05, 4.69) is 42.3 Å². The predicted octanol–water partition coefficient (Wildman–Crippen LogP) is 3.42. The van der Waals surface area contributed by atoms with E-state index in [1.54, 1.807) is 0 Å². The number of fused-ring (bicyclic) bond motifs is 1. The summed E-state index contributed by atoms with van der Waals surface area (Å²) in [6, 6.07) is 6.82. The highest BCUT2D eigenvalue weighted by Gasteiger charge is 2.18. The van der Waals surface area contributed by atoms with Gasteiger partial charge in [-0.05, 0) is 62.9 Å². The largest absolute Gasteiger partial charge is 0.388 e. The zero-order valence-electron chi connectivity index (χ0n) is 12.9. The molecule has 0 radical (unpaired) electrons. The van der Waals surface area contributed by atoms with Gasteiger partial charge in [-0.15, -0.1) is 0 Å². The van der Waals surface area contributed by atoms with Crippen LogP contribution in [-0.4, -0.2) is 22.7 Å². The van der Waals surface area contributed by atoms with Crippen molar-refractivity contribution in [3.8, 4) is 0 Å². The topological polar surface area (TPSA) is 45.2 Å². The number of rotatable bonds is 3. The molecule has 2 atom stereocenters. The van der Waals surface area contributed by atoms with E-state index in [1.807, 2.05) is 6.20 Å². The van der Waals surface area contributed by atoms with Crippen molar-refractivity contribution in [1.29, 1.82) is 0 Å². The number of aliphatic hydroxyl groups excluding tert-OH is 1. The third-order valence-corrected chi connectivity index (χ3v) is 4.44. The molecule has 3 rings (SSSR count). The van der Waals surface area contributed by atoms with E-state index in [-0.39, 0.29) is 0 Å². The summed E-state index contributed by atoms with van der Waals surface area (Å²) in [5, 5.41) is 15.1. The Bertz CT molecular complexity index is 632. The number of aliphatic hydroxyl groups is 1. The van der Waals surface area contributed by atoms with Gasteiger partial charge in [0.25, 0.3) is 0 Å². The number of benzene rings is 1. The van der Waals surface area contributed by atoms with Crippen LogP contribution >= 0.6 is 0 Å². The Morgan fingerprint density at radius 2 is 2.14 bits per heavy atom. The van der Waals surface area contributed by atoms with Gasteiger partial charge in [0, 0.05) is 17.6 Å². The fraction of sp³-hybridized carbons (Fsp3) is 0.500. The minimum atomic E-state index is -0.432. The monoisotopic (exact) mass is 284 g/mol. The highest BCUT2D eigenvalue weighted by Crippen LogP contribution is 2.26. The molecule has 1 aromatic heterocycles. The van der Waals surface area contributed by atoms with E-state index in [4.69, 9.17) is 0 Å². The number of aromatic nitrogens is 1. The molecule has 1 fully saturated rings. The second kappa shape index (κ2) is 6.12. The van der Waals surface area contributed by atoms with Crippen molar-refractivity contribution in [3.05, 3.63) is 41.1 Å². The van der Waals surface area contributed by atoms with Gasteiger partial charge >= 0.3 is 0 Å². The molecule has 2 unspecified atom stereocenters. The number of nitrogens with zero attached hydrogens (tertiary/aromatic N) is 1. The molecule has 112 valence electrons. The summed E-state index contributed by atoms with van der Waals surface area (Å²) < 4.78 is 0. The van der Waals surface area contributed by atoms with Gasteiger partial charge in [-0.3, -0.25) is 4.98 Å². The molecular formula is C18H24N2O. The van der Waals surface area contributed by atoms with Crippen LogP contribution in [-0.2, 0) is 0 Å². The maximum atomic E-state index is 10.5. The number of hydrogen-bond donors (Lipinski definition) is 2. The van der Waals surface area contributed by atoms with Gasteiger partial charge in [-0.2, -0.15) is 0 Å². The smallest absolute Gasteiger partial charge is 0.0820 e. The highest BCUT2D eigenvalue weighted by atomic mass is 16.3. The normalized spacial score (nSPS) is 20.6. The van der Waals surface area contributed by atoms with Gasteiger partial charge in [-0.1, -0.05) is 18.1 Å². The Morgan fingerprint density at radius 3 is 2.90 bits per heavy atom. The summed E-state index contributed by atoms with van der Waals surface area (Å²) in [6.07, 6.45) is 5.85. The Labute approximate surface area is 126 Å². The molecule has 0 spiro atoms. The predicted molar refractivity (Wildman–Crippen MR) is 86.4 cm³/mol. The number of hydrogen-bond acceptors (Lipinski definition) is 3. The first-order valence-corrected chi connectivity index (χ1v) is 7.92. The van der Waals surface area contributed by atoms with Crippen LogP contribution < -0.4 is 5.32 Å². The van der Waals surface area contributed by atoms with Gasteiger partial charge in [0.05, 0.1) is 11.6 Å². The summed E-state index contributed by atoms with van der Waals surface area (Å²) in [7, 11) is 0. The molecule has 2 heterocycles. The van der Waals surface area contributed by atoms with Gasteiger partial charge in [0.15, 0.2) is 0 Å². The molecule has 3 heteroatoms. The lowest BCUT2D eigenvalue weighted by atomic mass is 9.95. The number of pyridine rings is 1. The number of aryl methyl sites for hydroxylation is 2. The summed E-state index contributed by atoms with van der Waals surface area (Å²) >= 11 is 0. The summed E-state index contributed by atoms with van der Waals surface area (Å²) in [5.41, 5.74) is 4.40. The Balaban J connectivity index is 1.82. The molecular weight excluding hydrogens is 260 g/mol. The second-order valence-corrected chi connectivity index (χ2v) is 6.32. The maximum absolute atomic E-state index is 10.5. The molecule has 1 aliphatic rings. The highest BCUT2D eigenvalue weighted by molar-refractivity contribution is 5.82. The van der Waals surface area contributed by atoms with Crippen LogP contribution in [0.5, 0.6) is 0 Å². The minimum absolute atomic E-state index is 0.432. The zero-order valence-corrected chi connectivity index (χ0v) is 12.9. The maximum Gasteiger partial charge on any atom is 0.0820 e. The van der Waals surface area contributed by atoms with Gasteiger partial charge in [-0.25, -0.2) is 0 Å². The van der Waals surface area contributed by atoms with E-state index >= 15 is 0 Å². The van der Waals surface area contributed by atoms with Crippen molar-refractivity contribution in [2.24, 2.45) is 0 Å². The van der Waals surface area contributed by atoms with Crippen LogP contribution in [0.3, 0.4) is 0 Å². The van der Waals surface area contributed by atoms with Crippen molar-refractivity contribution < 1.29 is 5.11 Å². The van der Waals surface area contributed by atoms with Crippen molar-refractivity contribution in [2.75, 3.05) is 6.54 Å². The van der Waals surface area contributed by atoms with Gasteiger partial charge in [0.1, 0.15) is 0 Å². The van der Waals surface area contributed by atoms with E-state index in [9.17, 15) is 5.11 Å². The molecule has 21 heavy (non-hydrogen) atoms. The van der Waals surface area contributed by atoms with Crippen LogP contribution in [0.1, 0.15) is 48.5 Å². The minimum Gasteiger partial charge on any atom is -0.388 e. The molecule has 0 aliphatic carbocycles. The van der Waals surface area contributed by atoms with Crippen molar-refractivity contribution in [2.45, 2.75) is 51.7 Å². The zero-order chi connectivity index (χ0) is 14.8. The van der Waals surface area contributed by atoms with Gasteiger partial charge < -0.3 is 10.4 Å². The lowest BCUT2D eigenvalue weighted by molar-refractivity contribution is 0.144. The molecule has 1 aliphatic heterocycles. The first-order chi connectivity index (χ1) is 10.1. The van der Waals surface area contributed by atoms with E-state index < -0.39 is 6.10 Å². The fourth-order valence-corrected chi connectivity index (χ4v) is 3.35. The van der Waals surface area contributed by atoms with Crippen molar-refractivity contribution >= 4 is 10.9 Å². The van der Waals surface area contributed by atoms with E-state index in [0.717, 1.165) is 35.9 Å². The number of piperidine rings is 1. The SMILES string of the molecule is Cc1cc(C)c2ncc(C(O)CC3CCCCN3)cc2c1. The van der Waals surface area contributed by atoms with E-state index in [1.165, 1.54) is 24.0 Å². The molecule has 2 N–H and O–H groups in total. The molecule has 0 bridgehead atoms. The number of nitrogens with one attached hydrogen (secondary N) is 1. The summed E-state index contributed by atoms with van der Waals surface area (Å²) in [6.45, 7) is 5.26. The van der Waals surface area contributed by atoms with Crippen LogP contribution in [0.15, 0.2) is 24.4 Å². The first-order valence-electron chi connectivity index (χ1n) is 7.92. The Morgan fingerprint density at radius 1 is 1.29 bits per heavy atom. The average Bonchev–Trinajstić information content (AvgIpc) is 2.47. The average molecular weight is 284 g/mol. The fourth-order valence-electron chi connectivity index (χ4n) is 3.35. The molecule has 0 amide bonds. The van der Waals surface area contributed by atoms with E-state index in [0.29, 0.717) is 6.04 Å². The van der Waals surface area contributed by atoms with Crippen molar-refractivity contribution in [1.82, 2.24) is 10.3 Å². The standard InChI is InChI=1S/C18H24N2O/c1-12-7-13(2)18-14(8-12)9-15(11-20-18)17(21)10-16-5-3-4-6-19-16/h7-9,11,16-17,19,21H,3-6,10H2,1-2H3. The lowest BCUT2D eigenvalue weighted by Crippen LogP contribution is -2.35. The molecule has 1 aromatic carbocycles. The third kappa shape index (κ3) is 3.25. The Hall–Kier alpha value is -1.45. The molecule has 0 saturated carbocycles. The summed E-state index contributed by atoms with van der Waals surface area (Å²) in [5.74, 6) is 0.